The maximum Gasteiger partial charge on any atom is 0.430 e. The first kappa shape index (κ1) is 13.1. The molecule has 0 spiro atoms. The van der Waals surface area contributed by atoms with Crippen molar-refractivity contribution in [3.8, 4) is 0 Å². The average Bonchev–Trinajstić information content (AvgIpc) is 2.61. The summed E-state index contributed by atoms with van der Waals surface area (Å²) in [7, 11) is 0. The number of hydrogen-bond acceptors (Lipinski definition) is 4. The zero-order valence-electron chi connectivity index (χ0n) is 10.4. The molecule has 0 saturated carbocycles. The average molecular weight is 307 g/mol. The molecule has 2 heterocycles. The van der Waals surface area contributed by atoms with Crippen molar-refractivity contribution in [2.24, 2.45) is 0 Å². The number of carbonyl (C=O) groups excluding carboxylic acids is 1. The molecule has 2 aliphatic rings. The van der Waals surface area contributed by atoms with Crippen LogP contribution in [0.2, 0.25) is 0 Å². The van der Waals surface area contributed by atoms with Gasteiger partial charge >= 0.3 is 6.09 Å². The second-order valence-corrected chi connectivity index (χ2v) is 6.17. The minimum atomic E-state index is -0.842. The van der Waals surface area contributed by atoms with E-state index in [1.165, 1.54) is 5.06 Å². The Kier molecular flexibility index (Phi) is 2.93. The Morgan fingerprint density at radius 2 is 1.94 bits per heavy atom. The van der Waals surface area contributed by atoms with Crippen molar-refractivity contribution in [3.63, 3.8) is 0 Å². The van der Waals surface area contributed by atoms with Crippen LogP contribution in [0.15, 0.2) is 0 Å². The Bertz CT molecular complexity index is 348. The molecule has 1 unspecified atom stereocenters. The smallest absolute Gasteiger partial charge is 0.347 e. The molecular weight excluding hydrogens is 290 g/mol. The van der Waals surface area contributed by atoms with Crippen molar-refractivity contribution in [2.45, 2.75) is 45.1 Å². The predicted octanol–water partition coefficient (Wildman–Crippen LogP) is 1.55. The topological polar surface area (TPSA) is 55.9 Å². The van der Waals surface area contributed by atoms with Crippen molar-refractivity contribution in [2.75, 3.05) is 11.9 Å². The molecule has 1 radical (unpaired) electrons. The molecule has 97 valence electrons. The summed E-state index contributed by atoms with van der Waals surface area (Å²) < 4.78 is 0. The van der Waals surface area contributed by atoms with Crippen molar-refractivity contribution in [1.29, 1.82) is 0 Å². The molecular formula is C10H17BrN3O3. The van der Waals surface area contributed by atoms with Crippen molar-refractivity contribution >= 4 is 22.0 Å². The first-order chi connectivity index (χ1) is 7.74. The van der Waals surface area contributed by atoms with Gasteiger partial charge in [-0.05, 0) is 27.7 Å². The molecule has 1 amide bonds. The van der Waals surface area contributed by atoms with E-state index < -0.39 is 11.2 Å². The Hall–Kier alpha value is -0.370. The van der Waals surface area contributed by atoms with E-state index >= 15 is 0 Å². The number of amides is 1. The quantitative estimate of drug-likeness (QED) is 0.726. The predicted molar refractivity (Wildman–Crippen MR) is 63.3 cm³/mol. The number of hydrogen-bond donors (Lipinski definition) is 0. The van der Waals surface area contributed by atoms with E-state index in [1.54, 1.807) is 18.7 Å². The van der Waals surface area contributed by atoms with E-state index in [-0.39, 0.29) is 12.3 Å². The summed E-state index contributed by atoms with van der Waals surface area (Å²) in [5.74, 6) is 0. The second-order valence-electron chi connectivity index (χ2n) is 5.38. The van der Waals surface area contributed by atoms with Crippen molar-refractivity contribution in [1.82, 2.24) is 15.0 Å². The third kappa shape index (κ3) is 1.60. The highest BCUT2D eigenvalue weighted by molar-refractivity contribution is 9.09. The van der Waals surface area contributed by atoms with E-state index in [4.69, 9.17) is 4.84 Å². The molecule has 0 N–H and O–H groups in total. The highest BCUT2D eigenvalue weighted by Gasteiger charge is 2.66. The third-order valence-electron chi connectivity index (χ3n) is 3.45. The number of halogens is 1. The van der Waals surface area contributed by atoms with Crippen LogP contribution in [0.4, 0.5) is 4.79 Å². The van der Waals surface area contributed by atoms with Gasteiger partial charge in [0.2, 0.25) is 0 Å². The lowest BCUT2D eigenvalue weighted by molar-refractivity contribution is -0.288. The van der Waals surface area contributed by atoms with E-state index in [0.29, 0.717) is 11.9 Å². The number of nitrogens with zero attached hydrogens (tertiary/aromatic N) is 3. The largest absolute Gasteiger partial charge is 0.430 e. The molecule has 2 fully saturated rings. The van der Waals surface area contributed by atoms with Gasteiger partial charge in [-0.15, -0.1) is 10.3 Å². The van der Waals surface area contributed by atoms with Crippen molar-refractivity contribution < 1.29 is 14.8 Å². The van der Waals surface area contributed by atoms with E-state index in [1.807, 2.05) is 13.8 Å². The molecule has 0 aromatic rings. The molecule has 7 heteroatoms. The lowest BCUT2D eigenvalue weighted by Crippen LogP contribution is -2.53. The van der Waals surface area contributed by atoms with E-state index in [2.05, 4.69) is 15.9 Å². The Labute approximate surface area is 109 Å². The lowest BCUT2D eigenvalue weighted by Gasteiger charge is -2.34. The standard InChI is InChI=1S/C10H17BrN3O3/c1-9(2)7-12(6-5-11)8(15)17-13(7)10(3,4)14(9)16/h7H,5-6H2,1-4H3. The maximum atomic E-state index is 12.3. The van der Waals surface area contributed by atoms with Gasteiger partial charge < -0.3 is 4.84 Å². The lowest BCUT2D eigenvalue weighted by atomic mass is 10.0. The van der Waals surface area contributed by atoms with Crippen LogP contribution >= 0.6 is 15.9 Å². The summed E-state index contributed by atoms with van der Waals surface area (Å²) >= 11 is 3.31. The molecule has 1 atom stereocenters. The molecule has 17 heavy (non-hydrogen) atoms. The molecule has 0 aliphatic carbocycles. The summed E-state index contributed by atoms with van der Waals surface area (Å²) in [6.07, 6.45) is -0.733. The molecule has 2 aliphatic heterocycles. The van der Waals surface area contributed by atoms with Crippen LogP contribution in [-0.2, 0) is 10.0 Å². The fourth-order valence-corrected chi connectivity index (χ4v) is 3.08. The fourth-order valence-electron chi connectivity index (χ4n) is 2.70. The Balaban J connectivity index is 2.39. The highest BCUT2D eigenvalue weighted by atomic mass is 79.9. The van der Waals surface area contributed by atoms with Gasteiger partial charge in [0.15, 0.2) is 0 Å². The monoisotopic (exact) mass is 306 g/mol. The second kappa shape index (κ2) is 3.81. The van der Waals surface area contributed by atoms with Crippen LogP contribution in [0, 0.1) is 0 Å². The van der Waals surface area contributed by atoms with Crippen molar-refractivity contribution in [3.05, 3.63) is 0 Å². The number of hydroxylamine groups is 4. The van der Waals surface area contributed by atoms with Crippen LogP contribution in [0.25, 0.3) is 0 Å². The summed E-state index contributed by atoms with van der Waals surface area (Å²) in [5.41, 5.74) is -1.54. The van der Waals surface area contributed by atoms with Gasteiger partial charge in [-0.25, -0.2) is 4.79 Å². The van der Waals surface area contributed by atoms with Gasteiger partial charge in [0, 0.05) is 11.9 Å². The number of rotatable bonds is 2. The summed E-state index contributed by atoms with van der Waals surface area (Å²) in [5, 5.41) is 15.4. The van der Waals surface area contributed by atoms with Gasteiger partial charge in [0.1, 0.15) is 11.8 Å². The molecule has 0 aromatic heterocycles. The molecule has 0 bridgehead atoms. The Morgan fingerprint density at radius 1 is 1.35 bits per heavy atom. The number of alkyl halides is 1. The zero-order chi connectivity index (χ0) is 13.0. The normalized spacial score (nSPS) is 31.8. The minimum Gasteiger partial charge on any atom is -0.347 e. The van der Waals surface area contributed by atoms with Crippen LogP contribution in [0.5, 0.6) is 0 Å². The third-order valence-corrected chi connectivity index (χ3v) is 3.80. The number of fused-ring (bicyclic) bond motifs is 1. The van der Waals surface area contributed by atoms with Crippen LogP contribution in [0.3, 0.4) is 0 Å². The summed E-state index contributed by atoms with van der Waals surface area (Å²) in [4.78, 5) is 18.6. The maximum absolute atomic E-state index is 12.3. The van der Waals surface area contributed by atoms with Gasteiger partial charge in [-0.1, -0.05) is 21.0 Å². The number of carbonyl (C=O) groups is 1. The van der Waals surface area contributed by atoms with Crippen LogP contribution in [-0.4, -0.2) is 50.4 Å². The summed E-state index contributed by atoms with van der Waals surface area (Å²) in [6, 6.07) is 0. The molecule has 2 rings (SSSR count). The Morgan fingerprint density at radius 3 is 2.47 bits per heavy atom. The van der Waals surface area contributed by atoms with Gasteiger partial charge in [0.25, 0.3) is 0 Å². The van der Waals surface area contributed by atoms with Gasteiger partial charge in [-0.3, -0.25) is 4.90 Å². The van der Waals surface area contributed by atoms with Gasteiger partial charge in [0.05, 0.1) is 5.54 Å². The van der Waals surface area contributed by atoms with Gasteiger partial charge in [-0.2, -0.15) is 0 Å². The highest BCUT2D eigenvalue weighted by Crippen LogP contribution is 2.45. The molecule has 2 saturated heterocycles. The minimum absolute atomic E-state index is 0.347. The first-order valence-electron chi connectivity index (χ1n) is 5.56. The van der Waals surface area contributed by atoms with Crippen LogP contribution in [0.1, 0.15) is 27.7 Å². The van der Waals surface area contributed by atoms with Crippen LogP contribution < -0.4 is 0 Å². The fraction of sp³-hybridized carbons (Fsp3) is 0.900. The first-order valence-corrected chi connectivity index (χ1v) is 6.68. The van der Waals surface area contributed by atoms with E-state index in [9.17, 15) is 10.0 Å². The van der Waals surface area contributed by atoms with E-state index in [0.717, 1.165) is 5.06 Å². The molecule has 0 aromatic carbocycles. The zero-order valence-corrected chi connectivity index (χ0v) is 12.0. The molecule has 6 nitrogen and oxygen atoms in total. The SMILES string of the molecule is CC1(C)C2N(CCBr)C(=O)ON2C(C)(C)N1[O]. The summed E-state index contributed by atoms with van der Waals surface area (Å²) in [6.45, 7) is 7.69.